The van der Waals surface area contributed by atoms with Gasteiger partial charge in [-0.1, -0.05) is 30.3 Å². The Hall–Kier alpha value is -2.01. The van der Waals surface area contributed by atoms with E-state index in [0.29, 0.717) is 29.2 Å². The van der Waals surface area contributed by atoms with Gasteiger partial charge in [-0.2, -0.15) is 11.8 Å². The molecule has 2 rings (SSSR count). The molecule has 1 N–H and O–H groups in total. The number of hydrogen-bond donors (Lipinski definition) is 1. The summed E-state index contributed by atoms with van der Waals surface area (Å²) < 4.78 is 18.6. The summed E-state index contributed by atoms with van der Waals surface area (Å²) in [6, 6.07) is 13.8. The number of carbonyl (C=O) groups is 1. The second-order valence-corrected chi connectivity index (χ2v) is 5.71. The van der Waals surface area contributed by atoms with Crippen LogP contribution in [0.5, 0.6) is 5.75 Å². The predicted octanol–water partition coefficient (Wildman–Crippen LogP) is 3.50. The molecule has 22 heavy (non-hydrogen) atoms. The topological polar surface area (TPSA) is 38.3 Å². The van der Waals surface area contributed by atoms with E-state index in [-0.39, 0.29) is 11.7 Å². The number of para-hydroxylation sites is 1. The maximum Gasteiger partial charge on any atom is 0.255 e. The van der Waals surface area contributed by atoms with Crippen LogP contribution >= 0.6 is 11.8 Å². The highest BCUT2D eigenvalue weighted by Gasteiger charge is 2.10. The fourth-order valence-corrected chi connectivity index (χ4v) is 2.81. The molecule has 1 amide bonds. The van der Waals surface area contributed by atoms with Gasteiger partial charge in [0.25, 0.3) is 5.91 Å². The minimum Gasteiger partial charge on any atom is -0.496 e. The fourth-order valence-electron chi connectivity index (χ4n) is 1.96. The summed E-state index contributed by atoms with van der Waals surface area (Å²) >= 11 is 1.58. The van der Waals surface area contributed by atoms with Crippen LogP contribution in [-0.2, 0) is 5.75 Å². The molecular weight excluding hydrogens is 301 g/mol. The van der Waals surface area contributed by atoms with Gasteiger partial charge >= 0.3 is 0 Å². The van der Waals surface area contributed by atoms with Gasteiger partial charge in [-0.15, -0.1) is 0 Å². The van der Waals surface area contributed by atoms with E-state index in [9.17, 15) is 9.18 Å². The number of amides is 1. The van der Waals surface area contributed by atoms with Gasteiger partial charge in [-0.05, 0) is 23.8 Å². The summed E-state index contributed by atoms with van der Waals surface area (Å²) in [7, 11) is 1.54. The summed E-state index contributed by atoms with van der Waals surface area (Å²) in [6.07, 6.45) is 0. The Bertz CT molecular complexity index is 634. The molecular formula is C17H18FNO2S. The SMILES string of the molecule is COc1ccccc1C(=O)NCCSCc1ccccc1F. The number of methoxy groups -OCH3 is 1. The zero-order chi connectivity index (χ0) is 15.8. The molecule has 0 unspecified atom stereocenters. The van der Waals surface area contributed by atoms with E-state index in [1.807, 2.05) is 12.1 Å². The maximum atomic E-state index is 13.4. The number of benzene rings is 2. The average Bonchev–Trinajstić information content (AvgIpc) is 2.56. The third-order valence-electron chi connectivity index (χ3n) is 3.10. The van der Waals surface area contributed by atoms with Crippen molar-refractivity contribution in [1.29, 1.82) is 0 Å². The molecule has 2 aromatic rings. The molecule has 2 aromatic carbocycles. The van der Waals surface area contributed by atoms with Crippen molar-refractivity contribution in [3.8, 4) is 5.75 Å². The minimum absolute atomic E-state index is 0.163. The first kappa shape index (κ1) is 16.4. The van der Waals surface area contributed by atoms with E-state index >= 15 is 0 Å². The summed E-state index contributed by atoms with van der Waals surface area (Å²) in [5.41, 5.74) is 1.20. The molecule has 0 aliphatic rings. The quantitative estimate of drug-likeness (QED) is 0.794. The average molecular weight is 319 g/mol. The number of ether oxygens (including phenoxy) is 1. The summed E-state index contributed by atoms with van der Waals surface area (Å²) in [5.74, 6) is 1.52. The van der Waals surface area contributed by atoms with Gasteiger partial charge in [-0.3, -0.25) is 4.79 Å². The Kier molecular flexibility index (Phi) is 6.27. The lowest BCUT2D eigenvalue weighted by molar-refractivity contribution is 0.0953. The van der Waals surface area contributed by atoms with E-state index < -0.39 is 0 Å². The van der Waals surface area contributed by atoms with Gasteiger partial charge in [0.05, 0.1) is 12.7 Å². The number of nitrogens with one attached hydrogen (secondary N) is 1. The minimum atomic E-state index is -0.187. The number of carbonyl (C=O) groups excluding carboxylic acids is 1. The van der Waals surface area contributed by atoms with Crippen molar-refractivity contribution in [3.05, 3.63) is 65.5 Å². The molecule has 3 nitrogen and oxygen atoms in total. The first-order chi connectivity index (χ1) is 10.7. The number of thioether (sulfide) groups is 1. The largest absolute Gasteiger partial charge is 0.496 e. The lowest BCUT2D eigenvalue weighted by Gasteiger charge is -2.09. The molecule has 0 saturated carbocycles. The Morgan fingerprint density at radius 3 is 2.68 bits per heavy atom. The van der Waals surface area contributed by atoms with Crippen LogP contribution in [0.4, 0.5) is 4.39 Å². The van der Waals surface area contributed by atoms with Crippen LogP contribution < -0.4 is 10.1 Å². The highest BCUT2D eigenvalue weighted by Crippen LogP contribution is 2.17. The Labute approximate surface area is 133 Å². The molecule has 0 aliphatic carbocycles. The first-order valence-corrected chi connectivity index (χ1v) is 8.10. The Morgan fingerprint density at radius 2 is 1.91 bits per heavy atom. The third kappa shape index (κ3) is 4.49. The molecule has 0 spiro atoms. The van der Waals surface area contributed by atoms with E-state index in [4.69, 9.17) is 4.74 Å². The molecule has 0 radical (unpaired) electrons. The normalized spacial score (nSPS) is 10.3. The molecule has 0 aromatic heterocycles. The fraction of sp³-hybridized carbons (Fsp3) is 0.235. The zero-order valence-electron chi connectivity index (χ0n) is 12.3. The van der Waals surface area contributed by atoms with Crippen molar-refractivity contribution >= 4 is 17.7 Å². The van der Waals surface area contributed by atoms with Gasteiger partial charge in [0, 0.05) is 18.1 Å². The second kappa shape index (κ2) is 8.44. The van der Waals surface area contributed by atoms with Crippen LogP contribution in [0.3, 0.4) is 0 Å². The molecule has 5 heteroatoms. The zero-order valence-corrected chi connectivity index (χ0v) is 13.2. The van der Waals surface area contributed by atoms with E-state index in [1.54, 1.807) is 42.1 Å². The predicted molar refractivity (Wildman–Crippen MR) is 87.9 cm³/mol. The van der Waals surface area contributed by atoms with E-state index in [2.05, 4.69) is 5.32 Å². The second-order valence-electron chi connectivity index (χ2n) is 4.60. The van der Waals surface area contributed by atoms with Crippen LogP contribution in [0.15, 0.2) is 48.5 Å². The molecule has 0 heterocycles. The molecule has 116 valence electrons. The van der Waals surface area contributed by atoms with Crippen molar-refractivity contribution in [2.45, 2.75) is 5.75 Å². The van der Waals surface area contributed by atoms with Gasteiger partial charge < -0.3 is 10.1 Å². The number of hydrogen-bond acceptors (Lipinski definition) is 3. The van der Waals surface area contributed by atoms with Crippen LogP contribution in [0.2, 0.25) is 0 Å². The number of halogens is 1. The first-order valence-electron chi connectivity index (χ1n) is 6.94. The standard InChI is InChI=1S/C17H18FNO2S/c1-21-16-9-5-3-7-14(16)17(20)19-10-11-22-12-13-6-2-4-8-15(13)18/h2-9H,10-12H2,1H3,(H,19,20). The molecule has 0 atom stereocenters. The number of rotatable bonds is 7. The van der Waals surface area contributed by atoms with Crippen molar-refractivity contribution in [1.82, 2.24) is 5.32 Å². The molecule has 0 aliphatic heterocycles. The lowest BCUT2D eigenvalue weighted by Crippen LogP contribution is -2.26. The van der Waals surface area contributed by atoms with Crippen molar-refractivity contribution < 1.29 is 13.9 Å². The highest BCUT2D eigenvalue weighted by molar-refractivity contribution is 7.98. The van der Waals surface area contributed by atoms with Crippen LogP contribution in [0.25, 0.3) is 0 Å². The van der Waals surface area contributed by atoms with Crippen LogP contribution in [-0.4, -0.2) is 25.3 Å². The van der Waals surface area contributed by atoms with E-state index in [0.717, 1.165) is 5.75 Å². The van der Waals surface area contributed by atoms with Crippen molar-refractivity contribution in [2.24, 2.45) is 0 Å². The van der Waals surface area contributed by atoms with Gasteiger partial charge in [0.1, 0.15) is 11.6 Å². The molecule has 0 bridgehead atoms. The Balaban J connectivity index is 1.75. The molecule has 0 saturated heterocycles. The lowest BCUT2D eigenvalue weighted by atomic mass is 10.2. The summed E-state index contributed by atoms with van der Waals surface area (Å²) in [6.45, 7) is 0.524. The Morgan fingerprint density at radius 1 is 1.18 bits per heavy atom. The van der Waals surface area contributed by atoms with Crippen LogP contribution in [0.1, 0.15) is 15.9 Å². The molecule has 0 fully saturated rings. The third-order valence-corrected chi connectivity index (χ3v) is 4.11. The van der Waals surface area contributed by atoms with E-state index in [1.165, 1.54) is 13.2 Å². The van der Waals surface area contributed by atoms with Crippen LogP contribution in [0, 0.1) is 5.82 Å². The van der Waals surface area contributed by atoms with Gasteiger partial charge in [-0.25, -0.2) is 4.39 Å². The monoisotopic (exact) mass is 319 g/mol. The highest BCUT2D eigenvalue weighted by atomic mass is 32.2. The van der Waals surface area contributed by atoms with Gasteiger partial charge in [0.15, 0.2) is 0 Å². The van der Waals surface area contributed by atoms with Crippen molar-refractivity contribution in [3.63, 3.8) is 0 Å². The maximum absolute atomic E-state index is 13.4. The van der Waals surface area contributed by atoms with Crippen molar-refractivity contribution in [2.75, 3.05) is 19.4 Å². The smallest absolute Gasteiger partial charge is 0.255 e. The summed E-state index contributed by atoms with van der Waals surface area (Å²) in [5, 5.41) is 2.84. The van der Waals surface area contributed by atoms with Gasteiger partial charge in [0.2, 0.25) is 0 Å². The summed E-state index contributed by atoms with van der Waals surface area (Å²) in [4.78, 5) is 12.1.